The van der Waals surface area contributed by atoms with Gasteiger partial charge >= 0.3 is 0 Å². The number of fused-ring (bicyclic) bond motifs is 3. The van der Waals surface area contributed by atoms with Gasteiger partial charge in [0.25, 0.3) is 5.56 Å². The minimum Gasteiger partial charge on any atom is -0.306 e. The van der Waals surface area contributed by atoms with Crippen LogP contribution < -0.4 is 5.56 Å². The zero-order chi connectivity index (χ0) is 18.2. The molecular formula is C21H21N5O. The van der Waals surface area contributed by atoms with Gasteiger partial charge in [-0.15, -0.1) is 0 Å². The fourth-order valence-electron chi connectivity index (χ4n) is 4.09. The quantitative estimate of drug-likeness (QED) is 0.611. The van der Waals surface area contributed by atoms with Crippen molar-refractivity contribution < 1.29 is 0 Å². The highest BCUT2D eigenvalue weighted by molar-refractivity contribution is 5.80. The number of likely N-dealkylation sites (tertiary alicyclic amines) is 1. The van der Waals surface area contributed by atoms with Crippen molar-refractivity contribution >= 4 is 16.6 Å². The largest absolute Gasteiger partial charge is 0.306 e. The third kappa shape index (κ3) is 3.02. The van der Waals surface area contributed by atoms with Crippen molar-refractivity contribution in [3.8, 4) is 0 Å². The molecule has 3 aromatic heterocycles. The van der Waals surface area contributed by atoms with Crippen LogP contribution in [-0.2, 0) is 6.54 Å². The normalized spacial score (nSPS) is 18.3. The van der Waals surface area contributed by atoms with E-state index in [1.54, 1.807) is 0 Å². The summed E-state index contributed by atoms with van der Waals surface area (Å²) in [5, 5.41) is 5.53. The number of benzene rings is 1. The van der Waals surface area contributed by atoms with Crippen molar-refractivity contribution in [1.29, 1.82) is 0 Å². The maximum Gasteiger partial charge on any atom is 0.259 e. The Kier molecular flexibility index (Phi) is 3.98. The first-order valence-electron chi connectivity index (χ1n) is 9.40. The summed E-state index contributed by atoms with van der Waals surface area (Å²) >= 11 is 0. The summed E-state index contributed by atoms with van der Waals surface area (Å²) in [6.45, 7) is 3.02. The van der Waals surface area contributed by atoms with Crippen LogP contribution in [-0.4, -0.2) is 37.6 Å². The van der Waals surface area contributed by atoms with Gasteiger partial charge in [-0.1, -0.05) is 12.1 Å². The van der Waals surface area contributed by atoms with Crippen LogP contribution in [0.1, 0.15) is 30.0 Å². The topological polar surface area (TPSA) is 66.3 Å². The number of hydrogen-bond donors (Lipinski definition) is 1. The van der Waals surface area contributed by atoms with E-state index in [1.165, 1.54) is 5.56 Å². The molecule has 4 heterocycles. The van der Waals surface area contributed by atoms with Crippen LogP contribution in [0.5, 0.6) is 0 Å². The van der Waals surface area contributed by atoms with Crippen molar-refractivity contribution in [2.75, 3.05) is 13.1 Å². The van der Waals surface area contributed by atoms with E-state index in [9.17, 15) is 4.79 Å². The predicted molar refractivity (Wildman–Crippen MR) is 105 cm³/mol. The molecule has 0 amide bonds. The van der Waals surface area contributed by atoms with Crippen molar-refractivity contribution in [3.05, 3.63) is 76.5 Å². The van der Waals surface area contributed by atoms with Crippen molar-refractivity contribution in [2.24, 2.45) is 0 Å². The third-order valence-corrected chi connectivity index (χ3v) is 5.43. The number of hydrogen-bond acceptors (Lipinski definition) is 4. The molecule has 136 valence electrons. The highest BCUT2D eigenvalue weighted by Gasteiger charge is 2.24. The minimum absolute atomic E-state index is 0.0625. The Balaban J connectivity index is 1.46. The van der Waals surface area contributed by atoms with Gasteiger partial charge in [0, 0.05) is 37.5 Å². The van der Waals surface area contributed by atoms with Gasteiger partial charge in [0.15, 0.2) is 0 Å². The molecule has 0 spiro atoms. The first-order chi connectivity index (χ1) is 13.3. The summed E-state index contributed by atoms with van der Waals surface area (Å²) in [6, 6.07) is 13.8. The van der Waals surface area contributed by atoms with Gasteiger partial charge < -0.3 is 4.98 Å². The summed E-state index contributed by atoms with van der Waals surface area (Å²) in [5.74, 6) is 0.378. The van der Waals surface area contributed by atoms with E-state index >= 15 is 0 Å². The fourth-order valence-corrected chi connectivity index (χ4v) is 4.09. The molecule has 0 saturated carbocycles. The van der Waals surface area contributed by atoms with Gasteiger partial charge in [0.2, 0.25) is 0 Å². The average Bonchev–Trinajstić information content (AvgIpc) is 3.14. The number of nitrogens with one attached hydrogen (secondary N) is 1. The van der Waals surface area contributed by atoms with Crippen molar-refractivity contribution in [1.82, 2.24) is 24.5 Å². The molecule has 27 heavy (non-hydrogen) atoms. The van der Waals surface area contributed by atoms with Crippen molar-refractivity contribution in [3.63, 3.8) is 0 Å². The van der Waals surface area contributed by atoms with Gasteiger partial charge in [0.05, 0.1) is 16.6 Å². The molecule has 6 heteroatoms. The number of nitrogens with zero attached hydrogens (tertiary/aromatic N) is 4. The standard InChI is InChI=1S/C21H21N5O/c27-21-17-5-1-2-6-19(17)26-20(23-21)12-18(24-26)16-4-3-11-25(14-16)13-15-7-9-22-10-8-15/h1-2,5-10,12,16H,3-4,11,13-14H2,(H,23,27). The zero-order valence-electron chi connectivity index (χ0n) is 15.0. The van der Waals surface area contributed by atoms with E-state index in [-0.39, 0.29) is 5.56 Å². The number of piperidine rings is 1. The fraction of sp³-hybridized carbons (Fsp3) is 0.286. The molecule has 6 nitrogen and oxygen atoms in total. The second-order valence-corrected chi connectivity index (χ2v) is 7.27. The first-order valence-corrected chi connectivity index (χ1v) is 9.40. The second kappa shape index (κ2) is 6.63. The summed E-state index contributed by atoms with van der Waals surface area (Å²) in [6.07, 6.45) is 5.97. The number of aromatic amines is 1. The van der Waals surface area contributed by atoms with Crippen LogP contribution in [0, 0.1) is 0 Å². The van der Waals surface area contributed by atoms with Crippen LogP contribution >= 0.6 is 0 Å². The molecule has 1 aromatic carbocycles. The van der Waals surface area contributed by atoms with Crippen molar-refractivity contribution in [2.45, 2.75) is 25.3 Å². The Morgan fingerprint density at radius 3 is 2.89 bits per heavy atom. The zero-order valence-corrected chi connectivity index (χ0v) is 15.0. The molecule has 0 bridgehead atoms. The molecule has 1 saturated heterocycles. The SMILES string of the molecule is O=c1[nH]c2cc(C3CCCN(Cc4ccncc4)C3)nn2c2ccccc12. The molecule has 1 aliphatic heterocycles. The lowest BCUT2D eigenvalue weighted by molar-refractivity contribution is 0.198. The lowest BCUT2D eigenvalue weighted by Gasteiger charge is -2.31. The summed E-state index contributed by atoms with van der Waals surface area (Å²) < 4.78 is 1.87. The summed E-state index contributed by atoms with van der Waals surface area (Å²) in [5.41, 5.74) is 3.90. The second-order valence-electron chi connectivity index (χ2n) is 7.27. The molecule has 0 aliphatic carbocycles. The van der Waals surface area contributed by atoms with E-state index in [4.69, 9.17) is 5.10 Å². The van der Waals surface area contributed by atoms with Gasteiger partial charge in [-0.3, -0.25) is 14.7 Å². The lowest BCUT2D eigenvalue weighted by atomic mass is 9.94. The van der Waals surface area contributed by atoms with Crippen LogP contribution in [0.15, 0.2) is 59.7 Å². The van der Waals surface area contributed by atoms with Gasteiger partial charge in [-0.25, -0.2) is 4.52 Å². The average molecular weight is 359 g/mol. The molecular weight excluding hydrogens is 338 g/mol. The first kappa shape index (κ1) is 16.2. The molecule has 1 unspecified atom stereocenters. The van der Waals surface area contributed by atoms with Crippen LogP contribution in [0.25, 0.3) is 16.6 Å². The van der Waals surface area contributed by atoms with E-state index in [0.717, 1.165) is 49.3 Å². The van der Waals surface area contributed by atoms with E-state index < -0.39 is 0 Å². The Bertz CT molecular complexity index is 1150. The Morgan fingerprint density at radius 1 is 1.15 bits per heavy atom. The number of aromatic nitrogens is 4. The third-order valence-electron chi connectivity index (χ3n) is 5.43. The highest BCUT2D eigenvalue weighted by atomic mass is 16.1. The minimum atomic E-state index is -0.0625. The Hall–Kier alpha value is -2.99. The van der Waals surface area contributed by atoms with E-state index in [1.807, 2.05) is 47.2 Å². The maximum atomic E-state index is 12.3. The summed E-state index contributed by atoms with van der Waals surface area (Å²) in [4.78, 5) is 21.9. The number of rotatable bonds is 3. The number of para-hydroxylation sites is 1. The predicted octanol–water partition coefficient (Wildman–Crippen LogP) is 2.95. The lowest BCUT2D eigenvalue weighted by Crippen LogP contribution is -2.34. The highest BCUT2D eigenvalue weighted by Crippen LogP contribution is 2.28. The molecule has 1 fully saturated rings. The van der Waals surface area contributed by atoms with E-state index in [2.05, 4.69) is 27.0 Å². The molecule has 4 aromatic rings. The molecule has 1 aliphatic rings. The van der Waals surface area contributed by atoms with Crippen LogP contribution in [0.4, 0.5) is 0 Å². The monoisotopic (exact) mass is 359 g/mol. The number of H-pyrrole nitrogens is 1. The Labute approximate surface area is 156 Å². The van der Waals surface area contributed by atoms with Gasteiger partial charge in [-0.2, -0.15) is 5.10 Å². The van der Waals surface area contributed by atoms with E-state index in [0.29, 0.717) is 11.3 Å². The van der Waals surface area contributed by atoms with Crippen LogP contribution in [0.3, 0.4) is 0 Å². The smallest absolute Gasteiger partial charge is 0.259 e. The number of pyridine rings is 1. The maximum absolute atomic E-state index is 12.3. The van der Waals surface area contributed by atoms with Gasteiger partial charge in [-0.05, 0) is 49.2 Å². The molecule has 0 radical (unpaired) electrons. The molecule has 1 N–H and O–H groups in total. The Morgan fingerprint density at radius 2 is 2.00 bits per heavy atom. The van der Waals surface area contributed by atoms with Gasteiger partial charge in [0.1, 0.15) is 5.65 Å². The summed E-state index contributed by atoms with van der Waals surface area (Å²) in [7, 11) is 0. The molecule has 1 atom stereocenters. The molecule has 5 rings (SSSR count). The van der Waals surface area contributed by atoms with Crippen LogP contribution in [0.2, 0.25) is 0 Å².